The summed E-state index contributed by atoms with van der Waals surface area (Å²) in [6.45, 7) is 6.71. The second kappa shape index (κ2) is 10.1. The fourth-order valence-electron chi connectivity index (χ4n) is 4.74. The Hall–Kier alpha value is -2.24. The van der Waals surface area contributed by atoms with Gasteiger partial charge in [-0.3, -0.25) is 9.69 Å². The molecule has 0 unspecified atom stereocenters. The lowest BCUT2D eigenvalue weighted by atomic mass is 9.91. The maximum Gasteiger partial charge on any atom is 0.213 e. The van der Waals surface area contributed by atoms with Crippen LogP contribution < -0.4 is 4.74 Å². The summed E-state index contributed by atoms with van der Waals surface area (Å²) in [5.74, 6) is 0.622. The van der Waals surface area contributed by atoms with Crippen LogP contribution in [0.15, 0.2) is 36.5 Å². The van der Waals surface area contributed by atoms with Crippen molar-refractivity contribution in [3.05, 3.63) is 58.8 Å². The molecule has 4 rings (SSSR count). The number of ketones is 1. The second-order valence-electron chi connectivity index (χ2n) is 9.83. The van der Waals surface area contributed by atoms with Gasteiger partial charge in [-0.25, -0.2) is 4.98 Å². The van der Waals surface area contributed by atoms with Crippen LogP contribution in [-0.4, -0.2) is 54.1 Å². The van der Waals surface area contributed by atoms with Gasteiger partial charge in [-0.1, -0.05) is 24.6 Å². The SMILES string of the molecule is COCC(C)(C)Oc1ccc(C(=O)CCc2ccc3c(c2)CCN(C2CCC2)CC3)cn1. The van der Waals surface area contributed by atoms with Crippen LogP contribution in [0.4, 0.5) is 0 Å². The summed E-state index contributed by atoms with van der Waals surface area (Å²) in [6.07, 6.45) is 9.27. The number of Topliss-reactive ketones (excluding diaryl/α,β-unsaturated/α-hetero) is 1. The van der Waals surface area contributed by atoms with Gasteiger partial charge < -0.3 is 9.47 Å². The number of nitrogens with zero attached hydrogens (tertiary/aromatic N) is 2. The summed E-state index contributed by atoms with van der Waals surface area (Å²) in [7, 11) is 1.65. The Balaban J connectivity index is 1.31. The van der Waals surface area contributed by atoms with E-state index in [4.69, 9.17) is 9.47 Å². The monoisotopic (exact) mass is 436 g/mol. The normalized spacial score (nSPS) is 17.3. The highest BCUT2D eigenvalue weighted by Crippen LogP contribution is 2.28. The molecule has 1 aliphatic heterocycles. The average molecular weight is 437 g/mol. The molecule has 0 radical (unpaired) electrons. The number of aryl methyl sites for hydroxylation is 1. The number of hydrogen-bond acceptors (Lipinski definition) is 5. The predicted octanol–water partition coefficient (Wildman–Crippen LogP) is 4.65. The number of benzene rings is 1. The Morgan fingerprint density at radius 2 is 1.91 bits per heavy atom. The summed E-state index contributed by atoms with van der Waals surface area (Å²) in [5.41, 5.74) is 4.38. The second-order valence-corrected chi connectivity index (χ2v) is 9.83. The molecular weight excluding hydrogens is 400 g/mol. The quantitative estimate of drug-likeness (QED) is 0.536. The molecule has 32 heavy (non-hydrogen) atoms. The summed E-state index contributed by atoms with van der Waals surface area (Å²) >= 11 is 0. The van der Waals surface area contributed by atoms with Crippen LogP contribution in [0, 0.1) is 0 Å². The van der Waals surface area contributed by atoms with Crippen LogP contribution in [0.5, 0.6) is 5.88 Å². The molecule has 2 aromatic rings. The van der Waals surface area contributed by atoms with E-state index < -0.39 is 5.60 Å². The van der Waals surface area contributed by atoms with Gasteiger partial charge in [-0.15, -0.1) is 0 Å². The zero-order valence-electron chi connectivity index (χ0n) is 19.7. The Morgan fingerprint density at radius 1 is 1.12 bits per heavy atom. The Labute approximate surface area is 192 Å². The van der Waals surface area contributed by atoms with Gasteiger partial charge in [0.25, 0.3) is 0 Å². The van der Waals surface area contributed by atoms with E-state index >= 15 is 0 Å². The maximum absolute atomic E-state index is 12.7. The first-order chi connectivity index (χ1) is 15.4. The largest absolute Gasteiger partial charge is 0.469 e. The molecule has 5 heteroatoms. The summed E-state index contributed by atoms with van der Waals surface area (Å²) in [6, 6.07) is 11.2. The molecular formula is C27H36N2O3. The molecule has 2 heterocycles. The van der Waals surface area contributed by atoms with E-state index in [1.807, 2.05) is 13.8 Å². The van der Waals surface area contributed by atoms with Gasteiger partial charge in [0, 0.05) is 50.5 Å². The fourth-order valence-corrected chi connectivity index (χ4v) is 4.74. The smallest absolute Gasteiger partial charge is 0.213 e. The number of aromatic nitrogens is 1. The number of pyridine rings is 1. The first-order valence-electron chi connectivity index (χ1n) is 12.0. The predicted molar refractivity (Wildman–Crippen MR) is 127 cm³/mol. The van der Waals surface area contributed by atoms with E-state index in [1.165, 1.54) is 49.0 Å². The molecule has 5 nitrogen and oxygen atoms in total. The highest BCUT2D eigenvalue weighted by Gasteiger charge is 2.26. The lowest BCUT2D eigenvalue weighted by Crippen LogP contribution is -2.41. The van der Waals surface area contributed by atoms with Crippen LogP contribution in [0.2, 0.25) is 0 Å². The van der Waals surface area contributed by atoms with Crippen LogP contribution in [-0.2, 0) is 24.0 Å². The molecule has 1 aromatic heterocycles. The highest BCUT2D eigenvalue weighted by molar-refractivity contribution is 5.95. The molecule has 1 aliphatic carbocycles. The van der Waals surface area contributed by atoms with Crippen molar-refractivity contribution >= 4 is 5.78 Å². The Kier molecular flexibility index (Phi) is 7.27. The molecule has 172 valence electrons. The van der Waals surface area contributed by atoms with Gasteiger partial charge in [0.15, 0.2) is 5.78 Å². The van der Waals surface area contributed by atoms with Crippen molar-refractivity contribution in [3.63, 3.8) is 0 Å². The van der Waals surface area contributed by atoms with Crippen LogP contribution >= 0.6 is 0 Å². The average Bonchev–Trinajstić information content (AvgIpc) is 2.93. The molecule has 1 saturated carbocycles. The summed E-state index contributed by atoms with van der Waals surface area (Å²) in [4.78, 5) is 19.7. The number of rotatable bonds is 9. The number of methoxy groups -OCH3 is 1. The minimum atomic E-state index is -0.465. The lowest BCUT2D eigenvalue weighted by molar-refractivity contribution is 0.0149. The Bertz CT molecular complexity index is 919. The van der Waals surface area contributed by atoms with E-state index in [1.54, 1.807) is 25.4 Å². The van der Waals surface area contributed by atoms with E-state index in [0.717, 1.165) is 25.3 Å². The maximum atomic E-state index is 12.7. The molecule has 0 saturated heterocycles. The van der Waals surface area contributed by atoms with Gasteiger partial charge in [0.05, 0.1) is 6.61 Å². The van der Waals surface area contributed by atoms with Gasteiger partial charge in [0.1, 0.15) is 5.60 Å². The number of carbonyl (C=O) groups excluding carboxylic acids is 1. The van der Waals surface area contributed by atoms with E-state index in [-0.39, 0.29) is 5.78 Å². The standard InChI is InChI=1S/C27H36N2O3/c1-27(2,19-31-3)32-26-12-10-23(18-28-26)25(30)11-8-20-7-9-21-13-15-29(24-5-4-6-24)16-14-22(21)17-20/h7,9-10,12,17-18,24H,4-6,8,11,13-16,19H2,1-3H3. The van der Waals surface area contributed by atoms with Crippen molar-refractivity contribution < 1.29 is 14.3 Å². The van der Waals surface area contributed by atoms with E-state index in [0.29, 0.717) is 24.5 Å². The van der Waals surface area contributed by atoms with Gasteiger partial charge in [-0.2, -0.15) is 0 Å². The molecule has 1 fully saturated rings. The van der Waals surface area contributed by atoms with Gasteiger partial charge in [-0.05, 0) is 68.7 Å². The topological polar surface area (TPSA) is 51.7 Å². The first kappa shape index (κ1) is 22.9. The van der Waals surface area contributed by atoms with Crippen LogP contribution in [0.1, 0.15) is 66.6 Å². The number of fused-ring (bicyclic) bond motifs is 1. The third-order valence-electron chi connectivity index (χ3n) is 6.77. The molecule has 1 aromatic carbocycles. The van der Waals surface area contributed by atoms with Gasteiger partial charge in [0.2, 0.25) is 5.88 Å². The van der Waals surface area contributed by atoms with Crippen molar-refractivity contribution in [3.8, 4) is 5.88 Å². The van der Waals surface area contributed by atoms with Crippen molar-refractivity contribution in [1.29, 1.82) is 0 Å². The lowest BCUT2D eigenvalue weighted by Gasteiger charge is -2.36. The van der Waals surface area contributed by atoms with Crippen molar-refractivity contribution in [1.82, 2.24) is 9.88 Å². The molecule has 0 bridgehead atoms. The first-order valence-corrected chi connectivity index (χ1v) is 12.0. The number of ether oxygens (including phenoxy) is 2. The fraction of sp³-hybridized carbons (Fsp3) is 0.556. The minimum absolute atomic E-state index is 0.117. The number of carbonyl (C=O) groups is 1. The van der Waals surface area contributed by atoms with Crippen LogP contribution in [0.25, 0.3) is 0 Å². The zero-order valence-corrected chi connectivity index (χ0v) is 19.7. The van der Waals surface area contributed by atoms with Crippen molar-refractivity contribution in [2.45, 2.75) is 70.4 Å². The summed E-state index contributed by atoms with van der Waals surface area (Å²) < 4.78 is 11.0. The van der Waals surface area contributed by atoms with Gasteiger partial charge >= 0.3 is 0 Å². The van der Waals surface area contributed by atoms with E-state index in [2.05, 4.69) is 28.1 Å². The number of hydrogen-bond donors (Lipinski definition) is 0. The summed E-state index contributed by atoms with van der Waals surface area (Å²) in [5, 5.41) is 0. The minimum Gasteiger partial charge on any atom is -0.469 e. The zero-order chi connectivity index (χ0) is 22.6. The van der Waals surface area contributed by atoms with Crippen LogP contribution in [0.3, 0.4) is 0 Å². The molecule has 0 spiro atoms. The third kappa shape index (κ3) is 5.76. The molecule has 0 atom stereocenters. The third-order valence-corrected chi connectivity index (χ3v) is 6.77. The van der Waals surface area contributed by atoms with Crippen molar-refractivity contribution in [2.24, 2.45) is 0 Å². The van der Waals surface area contributed by atoms with E-state index in [9.17, 15) is 4.79 Å². The molecule has 0 amide bonds. The molecule has 0 N–H and O–H groups in total. The Morgan fingerprint density at radius 3 is 2.56 bits per heavy atom. The highest BCUT2D eigenvalue weighted by atomic mass is 16.5. The molecule has 2 aliphatic rings. The van der Waals surface area contributed by atoms with Crippen molar-refractivity contribution in [2.75, 3.05) is 26.8 Å².